The number of carbonyl (C=O) groups excluding carboxylic acids is 2. The summed E-state index contributed by atoms with van der Waals surface area (Å²) in [5, 5.41) is 2.59. The number of nitrogens with one attached hydrogen (secondary N) is 1. The summed E-state index contributed by atoms with van der Waals surface area (Å²) in [6, 6.07) is -0.166. The number of ether oxygens (including phenoxy) is 1. The molecule has 0 aromatic carbocycles. The van der Waals surface area contributed by atoms with Gasteiger partial charge in [0.1, 0.15) is 6.61 Å². The smallest absolute Gasteiger partial charge is 0.333 e. The lowest BCUT2D eigenvalue weighted by atomic mass is 10.3. The zero-order valence-corrected chi connectivity index (χ0v) is 8.22. The largest absolute Gasteiger partial charge is 0.460 e. The summed E-state index contributed by atoms with van der Waals surface area (Å²) in [5.41, 5.74) is 0.357. The van der Waals surface area contributed by atoms with E-state index in [1.807, 2.05) is 0 Å². The molecule has 1 amide bonds. The van der Waals surface area contributed by atoms with E-state index in [4.69, 9.17) is 4.74 Å². The van der Waals surface area contributed by atoms with Crippen molar-refractivity contribution in [2.24, 2.45) is 0 Å². The van der Waals surface area contributed by atoms with Gasteiger partial charge in [-0.05, 0) is 13.8 Å². The van der Waals surface area contributed by atoms with Crippen LogP contribution < -0.4 is 5.32 Å². The van der Waals surface area contributed by atoms with Gasteiger partial charge in [0.15, 0.2) is 0 Å². The van der Waals surface area contributed by atoms with Crippen molar-refractivity contribution >= 4 is 11.9 Å². The van der Waals surface area contributed by atoms with Crippen molar-refractivity contribution < 1.29 is 14.3 Å². The third kappa shape index (κ3) is 5.90. The minimum Gasteiger partial charge on any atom is -0.460 e. The van der Waals surface area contributed by atoms with Gasteiger partial charge in [-0.25, -0.2) is 4.79 Å². The molecule has 0 aliphatic rings. The van der Waals surface area contributed by atoms with Crippen LogP contribution in [-0.2, 0) is 14.3 Å². The highest BCUT2D eigenvalue weighted by molar-refractivity contribution is 5.86. The molecule has 0 spiro atoms. The van der Waals surface area contributed by atoms with Gasteiger partial charge >= 0.3 is 5.97 Å². The Morgan fingerprint density at radius 1 is 1.46 bits per heavy atom. The Bertz CT molecular complexity index is 223. The van der Waals surface area contributed by atoms with Crippen LogP contribution in [0.2, 0.25) is 0 Å². The Kier molecular flexibility index (Phi) is 4.80. The van der Waals surface area contributed by atoms with E-state index in [1.165, 1.54) is 6.92 Å². The van der Waals surface area contributed by atoms with E-state index >= 15 is 0 Å². The Morgan fingerprint density at radius 2 is 2.00 bits per heavy atom. The van der Waals surface area contributed by atoms with Crippen molar-refractivity contribution in [3.63, 3.8) is 0 Å². The van der Waals surface area contributed by atoms with Gasteiger partial charge in [0, 0.05) is 12.5 Å². The van der Waals surface area contributed by atoms with Gasteiger partial charge in [-0.15, -0.1) is 0 Å². The van der Waals surface area contributed by atoms with Gasteiger partial charge in [0.2, 0.25) is 5.91 Å². The first kappa shape index (κ1) is 11.7. The molecular formula is C9H15NO3. The zero-order valence-electron chi connectivity index (χ0n) is 8.22. The molecule has 0 fully saturated rings. The van der Waals surface area contributed by atoms with Crippen LogP contribution in [0.1, 0.15) is 20.8 Å². The van der Waals surface area contributed by atoms with Crippen LogP contribution in [-0.4, -0.2) is 24.5 Å². The maximum atomic E-state index is 10.9. The van der Waals surface area contributed by atoms with Crippen molar-refractivity contribution in [1.82, 2.24) is 5.32 Å². The molecular weight excluding hydrogens is 170 g/mol. The molecule has 74 valence electrons. The van der Waals surface area contributed by atoms with Gasteiger partial charge in [-0.3, -0.25) is 4.79 Å². The molecule has 13 heavy (non-hydrogen) atoms. The van der Waals surface area contributed by atoms with Crippen LogP contribution in [0.25, 0.3) is 0 Å². The number of hydrogen-bond donors (Lipinski definition) is 1. The summed E-state index contributed by atoms with van der Waals surface area (Å²) < 4.78 is 4.81. The van der Waals surface area contributed by atoms with Crippen molar-refractivity contribution in [2.75, 3.05) is 6.61 Å². The second kappa shape index (κ2) is 5.35. The van der Waals surface area contributed by atoms with E-state index in [0.29, 0.717) is 5.57 Å². The predicted molar refractivity (Wildman–Crippen MR) is 49.1 cm³/mol. The van der Waals surface area contributed by atoms with E-state index in [9.17, 15) is 9.59 Å². The molecule has 4 nitrogen and oxygen atoms in total. The molecule has 0 heterocycles. The number of rotatable bonds is 4. The van der Waals surface area contributed by atoms with Crippen LogP contribution in [0, 0.1) is 0 Å². The van der Waals surface area contributed by atoms with Crippen LogP contribution in [0.4, 0.5) is 0 Å². The molecule has 0 aliphatic carbocycles. The quantitative estimate of drug-likeness (QED) is 0.516. The molecule has 0 bridgehead atoms. The Hall–Kier alpha value is -1.32. The molecule has 0 saturated heterocycles. The van der Waals surface area contributed by atoms with Crippen LogP contribution >= 0.6 is 0 Å². The summed E-state index contributed by atoms with van der Waals surface area (Å²) in [4.78, 5) is 21.5. The minimum absolute atomic E-state index is 0.140. The highest BCUT2D eigenvalue weighted by Gasteiger charge is 2.07. The highest BCUT2D eigenvalue weighted by atomic mass is 16.5. The van der Waals surface area contributed by atoms with Gasteiger partial charge in [0.05, 0.1) is 6.04 Å². The third-order valence-electron chi connectivity index (χ3n) is 1.26. The SMILES string of the molecule is C=C(C)C(=O)OCC(C)NC(C)=O. The summed E-state index contributed by atoms with van der Waals surface area (Å²) in [6.07, 6.45) is 0. The van der Waals surface area contributed by atoms with Gasteiger partial charge in [-0.2, -0.15) is 0 Å². The lowest BCUT2D eigenvalue weighted by Gasteiger charge is -2.12. The Labute approximate surface area is 78.0 Å². The van der Waals surface area contributed by atoms with Crippen molar-refractivity contribution in [2.45, 2.75) is 26.8 Å². The minimum atomic E-state index is -0.433. The van der Waals surface area contributed by atoms with Crippen molar-refractivity contribution in [3.8, 4) is 0 Å². The molecule has 1 unspecified atom stereocenters. The number of esters is 1. The van der Waals surface area contributed by atoms with Crippen LogP contribution in [0.3, 0.4) is 0 Å². The molecule has 1 N–H and O–H groups in total. The summed E-state index contributed by atoms with van der Waals surface area (Å²) in [5.74, 6) is -0.573. The molecule has 0 aromatic heterocycles. The number of amides is 1. The second-order valence-electron chi connectivity index (χ2n) is 2.98. The molecule has 0 saturated carbocycles. The lowest BCUT2D eigenvalue weighted by molar-refractivity contribution is -0.140. The number of carbonyl (C=O) groups is 2. The fraction of sp³-hybridized carbons (Fsp3) is 0.556. The highest BCUT2D eigenvalue weighted by Crippen LogP contribution is 1.93. The molecule has 0 rings (SSSR count). The van der Waals surface area contributed by atoms with Gasteiger partial charge in [0.25, 0.3) is 0 Å². The van der Waals surface area contributed by atoms with Crippen LogP contribution in [0.5, 0.6) is 0 Å². The monoisotopic (exact) mass is 185 g/mol. The summed E-state index contributed by atoms with van der Waals surface area (Å²) in [6.45, 7) is 8.35. The lowest BCUT2D eigenvalue weighted by Crippen LogP contribution is -2.34. The first-order valence-corrected chi connectivity index (χ1v) is 4.03. The molecule has 4 heteroatoms. The number of hydrogen-bond acceptors (Lipinski definition) is 3. The average molecular weight is 185 g/mol. The fourth-order valence-electron chi connectivity index (χ4n) is 0.713. The average Bonchev–Trinajstić information content (AvgIpc) is 1.98. The summed E-state index contributed by atoms with van der Waals surface area (Å²) >= 11 is 0. The molecule has 0 aliphatic heterocycles. The van der Waals surface area contributed by atoms with E-state index < -0.39 is 5.97 Å². The van der Waals surface area contributed by atoms with E-state index in [1.54, 1.807) is 13.8 Å². The third-order valence-corrected chi connectivity index (χ3v) is 1.26. The van der Waals surface area contributed by atoms with Crippen molar-refractivity contribution in [3.05, 3.63) is 12.2 Å². The maximum Gasteiger partial charge on any atom is 0.333 e. The maximum absolute atomic E-state index is 10.9. The molecule has 0 radical (unpaired) electrons. The zero-order chi connectivity index (χ0) is 10.4. The van der Waals surface area contributed by atoms with Gasteiger partial charge < -0.3 is 10.1 Å². The first-order valence-electron chi connectivity index (χ1n) is 4.03. The molecule has 0 aromatic rings. The van der Waals surface area contributed by atoms with E-state index in [2.05, 4.69) is 11.9 Å². The normalized spacial score (nSPS) is 11.6. The van der Waals surface area contributed by atoms with Crippen LogP contribution in [0.15, 0.2) is 12.2 Å². The fourth-order valence-corrected chi connectivity index (χ4v) is 0.713. The first-order chi connectivity index (χ1) is 5.93. The second-order valence-corrected chi connectivity index (χ2v) is 2.98. The predicted octanol–water partition coefficient (Wildman–Crippen LogP) is 0.630. The topological polar surface area (TPSA) is 55.4 Å². The Balaban J connectivity index is 3.70. The van der Waals surface area contributed by atoms with Crippen molar-refractivity contribution in [1.29, 1.82) is 0 Å². The summed E-state index contributed by atoms with van der Waals surface area (Å²) in [7, 11) is 0. The Morgan fingerprint density at radius 3 is 2.38 bits per heavy atom. The van der Waals surface area contributed by atoms with E-state index in [0.717, 1.165) is 0 Å². The van der Waals surface area contributed by atoms with Gasteiger partial charge in [-0.1, -0.05) is 6.58 Å². The standard InChI is InChI=1S/C9H15NO3/c1-6(2)9(12)13-5-7(3)10-8(4)11/h7H,1,5H2,2-4H3,(H,10,11). The van der Waals surface area contributed by atoms with E-state index in [-0.39, 0.29) is 18.6 Å². The molecule has 1 atom stereocenters.